The molecule has 1 aromatic carbocycles. The third-order valence-electron chi connectivity index (χ3n) is 3.49. The second-order valence-electron chi connectivity index (χ2n) is 4.79. The van der Waals surface area contributed by atoms with Gasteiger partial charge in [0.05, 0.1) is 22.5 Å². The highest BCUT2D eigenvalue weighted by Crippen LogP contribution is 2.36. The molecule has 1 unspecified atom stereocenters. The van der Waals surface area contributed by atoms with Gasteiger partial charge in [0.1, 0.15) is 11.7 Å². The van der Waals surface area contributed by atoms with Gasteiger partial charge in [-0.1, -0.05) is 0 Å². The van der Waals surface area contributed by atoms with Crippen molar-refractivity contribution in [2.24, 2.45) is 0 Å². The first-order chi connectivity index (χ1) is 10.5. The van der Waals surface area contributed by atoms with Crippen molar-refractivity contribution in [2.75, 3.05) is 18.1 Å². The fourth-order valence-electron chi connectivity index (χ4n) is 2.55. The minimum absolute atomic E-state index is 0.200. The van der Waals surface area contributed by atoms with Crippen LogP contribution in [-0.4, -0.2) is 35.0 Å². The number of hydrogen-bond acceptors (Lipinski definition) is 7. The molecule has 9 heteroatoms. The number of rotatable bonds is 5. The van der Waals surface area contributed by atoms with Crippen LogP contribution >= 0.6 is 0 Å². The van der Waals surface area contributed by atoms with Crippen LogP contribution < -0.4 is 4.90 Å². The molecule has 22 heavy (non-hydrogen) atoms. The Balaban J connectivity index is 2.40. The van der Waals surface area contributed by atoms with Crippen LogP contribution in [0, 0.1) is 20.2 Å². The van der Waals surface area contributed by atoms with Gasteiger partial charge in [-0.3, -0.25) is 20.2 Å². The van der Waals surface area contributed by atoms with Crippen molar-refractivity contribution in [2.45, 2.75) is 25.8 Å². The number of anilines is 1. The maximum Gasteiger partial charge on any atom is 0.328 e. The Morgan fingerprint density at radius 2 is 2.09 bits per heavy atom. The first-order valence-electron chi connectivity index (χ1n) is 6.81. The largest absolute Gasteiger partial charge is 0.464 e. The van der Waals surface area contributed by atoms with Crippen LogP contribution in [0.2, 0.25) is 0 Å². The molecule has 1 aromatic rings. The van der Waals surface area contributed by atoms with Gasteiger partial charge in [0.25, 0.3) is 11.4 Å². The zero-order valence-corrected chi connectivity index (χ0v) is 11.9. The van der Waals surface area contributed by atoms with Crippen LogP contribution in [0.5, 0.6) is 0 Å². The SMILES string of the molecule is CCOC(=O)C1CCCN1c1ccc([N+](=O)[O-])cc1[N+](=O)[O-]. The molecule has 0 aromatic heterocycles. The smallest absolute Gasteiger partial charge is 0.328 e. The van der Waals surface area contributed by atoms with E-state index in [2.05, 4.69) is 0 Å². The standard InChI is InChI=1S/C13H15N3O6/c1-2-22-13(17)11-4-3-7-14(11)10-6-5-9(15(18)19)8-12(10)16(20)21/h5-6,8,11H,2-4,7H2,1H3. The minimum Gasteiger partial charge on any atom is -0.464 e. The molecular formula is C13H15N3O6. The monoisotopic (exact) mass is 309 g/mol. The third-order valence-corrected chi connectivity index (χ3v) is 3.49. The van der Waals surface area contributed by atoms with Crippen molar-refractivity contribution in [3.05, 3.63) is 38.4 Å². The van der Waals surface area contributed by atoms with Crippen LogP contribution in [0.1, 0.15) is 19.8 Å². The first-order valence-corrected chi connectivity index (χ1v) is 6.81. The fourth-order valence-corrected chi connectivity index (χ4v) is 2.55. The van der Waals surface area contributed by atoms with E-state index in [0.29, 0.717) is 19.4 Å². The van der Waals surface area contributed by atoms with E-state index in [1.807, 2.05) is 0 Å². The van der Waals surface area contributed by atoms with Gasteiger partial charge in [-0.15, -0.1) is 0 Å². The number of hydrogen-bond donors (Lipinski definition) is 0. The molecule has 0 aliphatic carbocycles. The summed E-state index contributed by atoms with van der Waals surface area (Å²) < 4.78 is 4.98. The highest BCUT2D eigenvalue weighted by molar-refractivity contribution is 5.83. The van der Waals surface area contributed by atoms with Crippen molar-refractivity contribution >= 4 is 23.0 Å². The van der Waals surface area contributed by atoms with Gasteiger partial charge in [0.2, 0.25) is 0 Å². The van der Waals surface area contributed by atoms with Gasteiger partial charge in [-0.25, -0.2) is 4.79 Å². The Labute approximate surface area is 125 Å². The molecule has 2 rings (SSSR count). The maximum absolute atomic E-state index is 11.9. The van der Waals surface area contributed by atoms with Gasteiger partial charge >= 0.3 is 5.97 Å². The van der Waals surface area contributed by atoms with Gasteiger partial charge in [0, 0.05) is 12.6 Å². The molecule has 1 aliphatic rings. The number of carbonyl (C=O) groups excluding carboxylic acids is 1. The summed E-state index contributed by atoms with van der Waals surface area (Å²) in [6.07, 6.45) is 1.23. The number of esters is 1. The fraction of sp³-hybridized carbons (Fsp3) is 0.462. The summed E-state index contributed by atoms with van der Waals surface area (Å²) in [6.45, 7) is 2.37. The normalized spacial score (nSPS) is 17.3. The summed E-state index contributed by atoms with van der Waals surface area (Å²) in [4.78, 5) is 34.1. The first kappa shape index (κ1) is 15.7. The van der Waals surface area contributed by atoms with E-state index in [0.717, 1.165) is 6.07 Å². The van der Waals surface area contributed by atoms with Crippen LogP contribution in [0.4, 0.5) is 17.1 Å². The summed E-state index contributed by atoms with van der Waals surface area (Å²) in [7, 11) is 0. The summed E-state index contributed by atoms with van der Waals surface area (Å²) in [5.41, 5.74) is -0.543. The predicted octanol–water partition coefficient (Wildman–Crippen LogP) is 2.03. The lowest BCUT2D eigenvalue weighted by molar-refractivity contribution is -0.393. The summed E-state index contributed by atoms with van der Waals surface area (Å²) in [5, 5.41) is 22.0. The molecule has 0 spiro atoms. The Morgan fingerprint density at radius 1 is 1.36 bits per heavy atom. The topological polar surface area (TPSA) is 116 Å². The van der Waals surface area contributed by atoms with Crippen molar-refractivity contribution in [3.8, 4) is 0 Å². The predicted molar refractivity (Wildman–Crippen MR) is 76.8 cm³/mol. The van der Waals surface area contributed by atoms with Gasteiger partial charge in [-0.2, -0.15) is 0 Å². The number of ether oxygens (including phenoxy) is 1. The Hall–Kier alpha value is -2.71. The van der Waals surface area contributed by atoms with E-state index in [1.54, 1.807) is 11.8 Å². The molecule has 1 saturated heterocycles. The number of benzene rings is 1. The second kappa shape index (κ2) is 6.37. The maximum atomic E-state index is 11.9. The molecular weight excluding hydrogens is 294 g/mol. The molecule has 1 atom stereocenters. The van der Waals surface area contributed by atoms with E-state index >= 15 is 0 Å². The van der Waals surface area contributed by atoms with Crippen LogP contribution in [0.15, 0.2) is 18.2 Å². The lowest BCUT2D eigenvalue weighted by Gasteiger charge is -2.24. The highest BCUT2D eigenvalue weighted by Gasteiger charge is 2.36. The molecule has 0 saturated carbocycles. The van der Waals surface area contributed by atoms with E-state index in [1.165, 1.54) is 12.1 Å². The van der Waals surface area contributed by atoms with Crippen molar-refractivity contribution < 1.29 is 19.4 Å². The number of carbonyl (C=O) groups is 1. The third kappa shape index (κ3) is 2.97. The minimum atomic E-state index is -0.691. The molecule has 118 valence electrons. The lowest BCUT2D eigenvalue weighted by Crippen LogP contribution is -2.37. The Bertz CT molecular complexity index is 618. The van der Waals surface area contributed by atoms with Gasteiger partial charge in [-0.05, 0) is 25.8 Å². The van der Waals surface area contributed by atoms with Crippen molar-refractivity contribution in [3.63, 3.8) is 0 Å². The average Bonchev–Trinajstić information content (AvgIpc) is 2.96. The van der Waals surface area contributed by atoms with E-state index in [9.17, 15) is 25.0 Å². The van der Waals surface area contributed by atoms with Gasteiger partial charge < -0.3 is 9.64 Å². The quantitative estimate of drug-likeness (QED) is 0.464. The van der Waals surface area contributed by atoms with Gasteiger partial charge in [0.15, 0.2) is 0 Å². The van der Waals surface area contributed by atoms with Crippen molar-refractivity contribution in [1.82, 2.24) is 0 Å². The van der Waals surface area contributed by atoms with E-state index in [4.69, 9.17) is 4.74 Å². The van der Waals surface area contributed by atoms with Crippen molar-refractivity contribution in [1.29, 1.82) is 0 Å². The molecule has 0 bridgehead atoms. The summed E-state index contributed by atoms with van der Waals surface area (Å²) >= 11 is 0. The molecule has 1 aliphatic heterocycles. The summed E-state index contributed by atoms with van der Waals surface area (Å²) in [6, 6.07) is 2.83. The number of nitro groups is 2. The highest BCUT2D eigenvalue weighted by atomic mass is 16.6. The molecule has 1 heterocycles. The number of nitrogens with zero attached hydrogens (tertiary/aromatic N) is 3. The molecule has 9 nitrogen and oxygen atoms in total. The van der Waals surface area contributed by atoms with E-state index < -0.39 is 21.9 Å². The molecule has 0 amide bonds. The second-order valence-corrected chi connectivity index (χ2v) is 4.79. The molecule has 0 radical (unpaired) electrons. The lowest BCUT2D eigenvalue weighted by atomic mass is 10.2. The zero-order chi connectivity index (χ0) is 16.3. The summed E-state index contributed by atoms with van der Waals surface area (Å²) in [5.74, 6) is -0.437. The van der Waals surface area contributed by atoms with E-state index in [-0.39, 0.29) is 23.7 Å². The Morgan fingerprint density at radius 3 is 2.68 bits per heavy atom. The van der Waals surface area contributed by atoms with Crippen LogP contribution in [0.25, 0.3) is 0 Å². The van der Waals surface area contributed by atoms with Crippen LogP contribution in [-0.2, 0) is 9.53 Å². The Kier molecular flexibility index (Phi) is 4.54. The average molecular weight is 309 g/mol. The van der Waals surface area contributed by atoms with Crippen LogP contribution in [0.3, 0.4) is 0 Å². The molecule has 0 N–H and O–H groups in total. The number of nitro benzene ring substituents is 2. The molecule has 1 fully saturated rings. The zero-order valence-electron chi connectivity index (χ0n) is 11.9. The number of non-ortho nitro benzene ring substituents is 1.